The van der Waals surface area contributed by atoms with Crippen LogP contribution in [0, 0.1) is 0 Å². The molecule has 2 rings (SSSR count). The van der Waals surface area contributed by atoms with Crippen LogP contribution in [0.15, 0.2) is 24.3 Å². The molecule has 0 unspecified atom stereocenters. The lowest BCUT2D eigenvalue weighted by Crippen LogP contribution is -1.89. The molecule has 16 heavy (non-hydrogen) atoms. The Morgan fingerprint density at radius 2 is 1.94 bits per heavy atom. The summed E-state index contributed by atoms with van der Waals surface area (Å²) in [5.41, 5.74) is 3.04. The van der Waals surface area contributed by atoms with Crippen LogP contribution in [0.4, 0.5) is 0 Å². The zero-order chi connectivity index (χ0) is 11.5. The van der Waals surface area contributed by atoms with E-state index in [9.17, 15) is 0 Å². The Hall–Kier alpha value is -1.26. The summed E-state index contributed by atoms with van der Waals surface area (Å²) in [6.07, 6.45) is 0. The molecule has 0 spiro atoms. The first-order valence-electron chi connectivity index (χ1n) is 5.24. The summed E-state index contributed by atoms with van der Waals surface area (Å²) < 4.78 is 3.86. The molecule has 0 radical (unpaired) electrons. The first-order valence-corrected chi connectivity index (χ1v) is 6.02. The van der Waals surface area contributed by atoms with Crippen LogP contribution in [0.2, 0.25) is 0 Å². The van der Waals surface area contributed by atoms with E-state index < -0.39 is 0 Å². The van der Waals surface area contributed by atoms with Crippen LogP contribution in [0.3, 0.4) is 0 Å². The number of hydrogen-bond acceptors (Lipinski definition) is 4. The highest BCUT2D eigenvalue weighted by molar-refractivity contribution is 7.09. The van der Waals surface area contributed by atoms with Crippen molar-refractivity contribution in [3.8, 4) is 10.4 Å². The maximum atomic E-state index is 9.12. The van der Waals surface area contributed by atoms with Gasteiger partial charge in [0.15, 0.2) is 0 Å². The fourth-order valence-electron chi connectivity index (χ4n) is 1.55. The fourth-order valence-corrected chi connectivity index (χ4v) is 2.22. The maximum Gasteiger partial charge on any atom is 0.109 e. The lowest BCUT2D eigenvalue weighted by molar-refractivity contribution is 0.277. The van der Waals surface area contributed by atoms with Crippen molar-refractivity contribution in [1.82, 2.24) is 9.59 Å². The highest BCUT2D eigenvalue weighted by Gasteiger charge is 2.09. The predicted molar refractivity (Wildman–Crippen MR) is 65.4 cm³/mol. The number of rotatable bonds is 3. The summed E-state index contributed by atoms with van der Waals surface area (Å²) in [4.78, 5) is 0.956. The molecule has 0 bridgehead atoms. The van der Waals surface area contributed by atoms with Gasteiger partial charge < -0.3 is 5.11 Å². The summed E-state index contributed by atoms with van der Waals surface area (Å²) in [6.45, 7) is 4.28. The van der Waals surface area contributed by atoms with Gasteiger partial charge in [-0.3, -0.25) is 0 Å². The van der Waals surface area contributed by atoms with E-state index in [1.165, 1.54) is 17.1 Å². The molecular formula is C12H14N2OS. The Labute approximate surface area is 98.9 Å². The Morgan fingerprint density at radius 3 is 2.50 bits per heavy atom. The number of hydrogen-bond donors (Lipinski definition) is 1. The molecule has 0 aliphatic rings. The third-order valence-electron chi connectivity index (χ3n) is 2.55. The average Bonchev–Trinajstić information content (AvgIpc) is 2.77. The van der Waals surface area contributed by atoms with Gasteiger partial charge in [-0.05, 0) is 28.6 Å². The van der Waals surface area contributed by atoms with Gasteiger partial charge in [-0.1, -0.05) is 42.6 Å². The third kappa shape index (κ3) is 2.13. The molecule has 3 nitrogen and oxygen atoms in total. The Morgan fingerprint density at radius 1 is 1.25 bits per heavy atom. The zero-order valence-corrected chi connectivity index (χ0v) is 10.2. The molecule has 2 aromatic rings. The smallest absolute Gasteiger partial charge is 0.109 e. The molecule has 1 heterocycles. The second kappa shape index (κ2) is 4.72. The quantitative estimate of drug-likeness (QED) is 0.888. The fraction of sp³-hybridized carbons (Fsp3) is 0.333. The summed E-state index contributed by atoms with van der Waals surface area (Å²) >= 11 is 1.32. The van der Waals surface area contributed by atoms with Crippen molar-refractivity contribution in [2.45, 2.75) is 26.4 Å². The standard InChI is InChI=1S/C12H14N2OS/c1-8(2)9-3-5-10(6-4-9)12-11(7-15)13-14-16-12/h3-6,8,15H,7H2,1-2H3. The van der Waals surface area contributed by atoms with E-state index in [4.69, 9.17) is 5.11 Å². The molecule has 0 saturated carbocycles. The van der Waals surface area contributed by atoms with Crippen molar-refractivity contribution in [1.29, 1.82) is 0 Å². The van der Waals surface area contributed by atoms with Gasteiger partial charge in [0.2, 0.25) is 0 Å². The molecule has 1 aromatic heterocycles. The van der Waals surface area contributed by atoms with E-state index in [1.54, 1.807) is 0 Å². The highest BCUT2D eigenvalue weighted by Crippen LogP contribution is 2.27. The summed E-state index contributed by atoms with van der Waals surface area (Å²) in [5.74, 6) is 0.533. The number of aliphatic hydroxyl groups excluding tert-OH is 1. The van der Waals surface area contributed by atoms with E-state index >= 15 is 0 Å². The van der Waals surface area contributed by atoms with Crippen LogP contribution in [-0.2, 0) is 6.61 Å². The molecule has 1 aromatic carbocycles. The van der Waals surface area contributed by atoms with Crippen LogP contribution in [0.25, 0.3) is 10.4 Å². The first kappa shape index (κ1) is 11.2. The second-order valence-corrected chi connectivity index (χ2v) is 4.74. The SMILES string of the molecule is CC(C)c1ccc(-c2snnc2CO)cc1. The minimum atomic E-state index is -0.0578. The van der Waals surface area contributed by atoms with Gasteiger partial charge >= 0.3 is 0 Å². The van der Waals surface area contributed by atoms with Gasteiger partial charge in [0.1, 0.15) is 5.69 Å². The maximum absolute atomic E-state index is 9.12. The molecule has 4 heteroatoms. The van der Waals surface area contributed by atoms with Crippen molar-refractivity contribution in [3.05, 3.63) is 35.5 Å². The highest BCUT2D eigenvalue weighted by atomic mass is 32.1. The number of aliphatic hydroxyl groups is 1. The number of benzene rings is 1. The molecule has 84 valence electrons. The van der Waals surface area contributed by atoms with Crippen molar-refractivity contribution in [3.63, 3.8) is 0 Å². The minimum absolute atomic E-state index is 0.0578. The van der Waals surface area contributed by atoms with E-state index in [0.29, 0.717) is 11.6 Å². The van der Waals surface area contributed by atoms with E-state index in [-0.39, 0.29) is 6.61 Å². The molecule has 1 N–H and O–H groups in total. The third-order valence-corrected chi connectivity index (χ3v) is 3.36. The Bertz CT molecular complexity index is 462. The Kier molecular flexibility index (Phi) is 3.31. The topological polar surface area (TPSA) is 46.0 Å². The van der Waals surface area contributed by atoms with Gasteiger partial charge in [-0.2, -0.15) is 0 Å². The molecule has 0 aliphatic heterocycles. The van der Waals surface area contributed by atoms with Crippen LogP contribution in [0.5, 0.6) is 0 Å². The lowest BCUT2D eigenvalue weighted by atomic mass is 10.0. The molecule has 0 aliphatic carbocycles. The Balaban J connectivity index is 2.35. The van der Waals surface area contributed by atoms with Crippen LogP contribution >= 0.6 is 11.5 Å². The van der Waals surface area contributed by atoms with Crippen LogP contribution in [0.1, 0.15) is 31.0 Å². The van der Waals surface area contributed by atoms with Gasteiger partial charge in [0, 0.05) is 0 Å². The van der Waals surface area contributed by atoms with E-state index in [1.807, 2.05) is 0 Å². The lowest BCUT2D eigenvalue weighted by Gasteiger charge is -2.05. The normalized spacial score (nSPS) is 11.0. The second-order valence-electron chi connectivity index (χ2n) is 3.98. The summed E-state index contributed by atoms with van der Waals surface area (Å²) in [6, 6.07) is 8.34. The van der Waals surface area contributed by atoms with E-state index in [0.717, 1.165) is 10.4 Å². The van der Waals surface area contributed by atoms with Gasteiger partial charge in [-0.15, -0.1) is 5.10 Å². The van der Waals surface area contributed by atoms with Crippen molar-refractivity contribution in [2.75, 3.05) is 0 Å². The monoisotopic (exact) mass is 234 g/mol. The molecule has 0 saturated heterocycles. The summed E-state index contributed by atoms with van der Waals surface area (Å²) in [7, 11) is 0. The number of aromatic nitrogens is 2. The predicted octanol–water partition coefficient (Wildman–Crippen LogP) is 2.82. The van der Waals surface area contributed by atoms with Gasteiger partial charge in [0.05, 0.1) is 11.5 Å². The van der Waals surface area contributed by atoms with E-state index in [2.05, 4.69) is 47.7 Å². The van der Waals surface area contributed by atoms with Crippen LogP contribution < -0.4 is 0 Å². The zero-order valence-electron chi connectivity index (χ0n) is 9.34. The average molecular weight is 234 g/mol. The minimum Gasteiger partial charge on any atom is -0.390 e. The molecule has 0 atom stereocenters. The molecule has 0 amide bonds. The summed E-state index contributed by atoms with van der Waals surface area (Å²) in [5, 5.41) is 13.0. The largest absolute Gasteiger partial charge is 0.390 e. The van der Waals surface area contributed by atoms with Crippen molar-refractivity contribution >= 4 is 11.5 Å². The molecule has 0 fully saturated rings. The van der Waals surface area contributed by atoms with Gasteiger partial charge in [0.25, 0.3) is 0 Å². The first-order chi connectivity index (χ1) is 7.72. The molecular weight excluding hydrogens is 220 g/mol. The van der Waals surface area contributed by atoms with Gasteiger partial charge in [-0.25, -0.2) is 0 Å². The van der Waals surface area contributed by atoms with Crippen molar-refractivity contribution < 1.29 is 5.11 Å². The van der Waals surface area contributed by atoms with Crippen LogP contribution in [-0.4, -0.2) is 14.7 Å². The van der Waals surface area contributed by atoms with Crippen molar-refractivity contribution in [2.24, 2.45) is 0 Å². The number of nitrogens with zero attached hydrogens (tertiary/aromatic N) is 2.